The number of halogens is 2. The summed E-state index contributed by atoms with van der Waals surface area (Å²) in [5.74, 6) is 0.0646. The summed E-state index contributed by atoms with van der Waals surface area (Å²) in [5, 5.41) is 3.29. The minimum Gasteiger partial charge on any atom is -0.494 e. The van der Waals surface area contributed by atoms with Gasteiger partial charge in [-0.2, -0.15) is 0 Å². The maximum atomic E-state index is 13.5. The number of hydrogen-bond acceptors (Lipinski definition) is 5. The summed E-state index contributed by atoms with van der Waals surface area (Å²) in [6.07, 6.45) is 1.91. The van der Waals surface area contributed by atoms with Gasteiger partial charge in [-0.3, -0.25) is 9.10 Å². The number of nitrogens with one attached hydrogen (secondary N) is 1. The van der Waals surface area contributed by atoms with Gasteiger partial charge in [-0.05, 0) is 79.9 Å². The molecule has 0 aromatic heterocycles. The summed E-state index contributed by atoms with van der Waals surface area (Å²) >= 11 is 13.4. The summed E-state index contributed by atoms with van der Waals surface area (Å²) in [7, 11) is -4.03. The molecule has 3 aromatic rings. The fraction of sp³-hybridized carbons (Fsp3) is 0.174. The van der Waals surface area contributed by atoms with Gasteiger partial charge < -0.3 is 10.1 Å². The second kappa shape index (κ2) is 11.2. The van der Waals surface area contributed by atoms with Crippen LogP contribution in [0.4, 0.5) is 11.4 Å². The third kappa shape index (κ3) is 6.35. The first-order chi connectivity index (χ1) is 15.7. The van der Waals surface area contributed by atoms with Gasteiger partial charge in [0.25, 0.3) is 10.0 Å². The molecule has 33 heavy (non-hydrogen) atoms. The average molecular weight is 525 g/mol. The van der Waals surface area contributed by atoms with Crippen LogP contribution < -0.4 is 14.4 Å². The first-order valence-corrected chi connectivity index (χ1v) is 13.3. The lowest BCUT2D eigenvalue weighted by atomic mass is 10.3. The lowest BCUT2D eigenvalue weighted by Crippen LogP contribution is -2.38. The lowest BCUT2D eigenvalue weighted by molar-refractivity contribution is -0.114. The highest BCUT2D eigenvalue weighted by Gasteiger charge is 2.27. The van der Waals surface area contributed by atoms with Crippen LogP contribution in [0.15, 0.2) is 76.5 Å². The van der Waals surface area contributed by atoms with E-state index in [9.17, 15) is 13.2 Å². The SMILES string of the molecule is CCOc1ccc(N(CC(=O)Nc2ccc(Cl)c(Cl)c2)S(=O)(=O)c2ccc(SC)cc2)cc1. The number of thioether (sulfide) groups is 1. The largest absolute Gasteiger partial charge is 0.494 e. The molecule has 0 spiro atoms. The zero-order chi connectivity index (χ0) is 24.0. The van der Waals surface area contributed by atoms with Crippen LogP contribution in [0.1, 0.15) is 6.92 Å². The topological polar surface area (TPSA) is 75.7 Å². The Morgan fingerprint density at radius 3 is 2.24 bits per heavy atom. The van der Waals surface area contributed by atoms with Crippen molar-refractivity contribution in [3.8, 4) is 5.75 Å². The number of ether oxygens (including phenoxy) is 1. The van der Waals surface area contributed by atoms with Gasteiger partial charge in [-0.1, -0.05) is 23.2 Å². The van der Waals surface area contributed by atoms with Gasteiger partial charge in [0.2, 0.25) is 5.91 Å². The van der Waals surface area contributed by atoms with Gasteiger partial charge in [0, 0.05) is 10.6 Å². The van der Waals surface area contributed by atoms with Crippen molar-refractivity contribution in [3.63, 3.8) is 0 Å². The molecular formula is C23H22Cl2N2O4S2. The average Bonchev–Trinajstić information content (AvgIpc) is 2.81. The number of sulfonamides is 1. The summed E-state index contributed by atoms with van der Waals surface area (Å²) in [4.78, 5) is 13.8. The summed E-state index contributed by atoms with van der Waals surface area (Å²) in [5.41, 5.74) is 0.736. The highest BCUT2D eigenvalue weighted by atomic mass is 35.5. The van der Waals surface area contributed by atoms with E-state index in [1.807, 2.05) is 13.2 Å². The van der Waals surface area contributed by atoms with E-state index in [2.05, 4.69) is 5.32 Å². The monoisotopic (exact) mass is 524 g/mol. The minimum atomic E-state index is -4.03. The molecule has 10 heteroatoms. The summed E-state index contributed by atoms with van der Waals surface area (Å²) in [6.45, 7) is 1.90. The van der Waals surface area contributed by atoms with Crippen LogP contribution in [0, 0.1) is 0 Å². The first-order valence-electron chi connectivity index (χ1n) is 9.89. The molecule has 1 N–H and O–H groups in total. The molecule has 0 bridgehead atoms. The number of hydrogen-bond donors (Lipinski definition) is 1. The Kier molecular flexibility index (Phi) is 8.53. The Bertz CT molecular complexity index is 1220. The molecule has 0 unspecified atom stereocenters. The van der Waals surface area contributed by atoms with Crippen LogP contribution in [0.5, 0.6) is 5.75 Å². The third-order valence-corrected chi connectivity index (χ3v) is 7.84. The van der Waals surface area contributed by atoms with Gasteiger partial charge in [0.15, 0.2) is 0 Å². The van der Waals surface area contributed by atoms with Crippen molar-refractivity contribution in [2.24, 2.45) is 0 Å². The van der Waals surface area contributed by atoms with E-state index >= 15 is 0 Å². The van der Waals surface area contributed by atoms with Gasteiger partial charge in [0.1, 0.15) is 12.3 Å². The van der Waals surface area contributed by atoms with E-state index in [0.717, 1.165) is 9.20 Å². The van der Waals surface area contributed by atoms with Crippen molar-refractivity contribution in [1.29, 1.82) is 0 Å². The van der Waals surface area contributed by atoms with Crippen molar-refractivity contribution in [2.45, 2.75) is 16.7 Å². The van der Waals surface area contributed by atoms with Crippen molar-refractivity contribution in [2.75, 3.05) is 29.0 Å². The van der Waals surface area contributed by atoms with Crippen LogP contribution in [0.25, 0.3) is 0 Å². The number of carbonyl (C=O) groups is 1. The molecule has 1 amide bonds. The summed E-state index contributed by atoms with van der Waals surface area (Å²) < 4.78 is 33.5. The van der Waals surface area contributed by atoms with E-state index in [4.69, 9.17) is 27.9 Å². The molecule has 0 aliphatic heterocycles. The number of benzene rings is 3. The van der Waals surface area contributed by atoms with Gasteiger partial charge >= 0.3 is 0 Å². The maximum Gasteiger partial charge on any atom is 0.264 e. The van der Waals surface area contributed by atoms with Crippen molar-refractivity contribution >= 4 is 62.3 Å². The molecule has 0 radical (unpaired) electrons. The lowest BCUT2D eigenvalue weighted by Gasteiger charge is -2.24. The molecule has 0 saturated carbocycles. The number of anilines is 2. The van der Waals surface area contributed by atoms with Gasteiger partial charge in [-0.15, -0.1) is 11.8 Å². The quantitative estimate of drug-likeness (QED) is 0.350. The van der Waals surface area contributed by atoms with Crippen molar-refractivity contribution in [3.05, 3.63) is 76.8 Å². The number of rotatable bonds is 9. The normalized spacial score (nSPS) is 11.2. The molecule has 174 valence electrons. The molecule has 0 aliphatic rings. The Balaban J connectivity index is 1.93. The Labute approximate surface area is 207 Å². The molecule has 6 nitrogen and oxygen atoms in total. The van der Waals surface area contributed by atoms with E-state index in [-0.39, 0.29) is 9.92 Å². The Morgan fingerprint density at radius 2 is 1.67 bits per heavy atom. The number of nitrogens with zero attached hydrogens (tertiary/aromatic N) is 1. The Hall–Kier alpha value is -2.39. The molecule has 0 atom stereocenters. The molecule has 0 fully saturated rings. The molecule has 3 rings (SSSR count). The van der Waals surface area contributed by atoms with Crippen LogP contribution >= 0.6 is 35.0 Å². The first kappa shape index (κ1) is 25.2. The highest BCUT2D eigenvalue weighted by Crippen LogP contribution is 2.28. The Morgan fingerprint density at radius 1 is 1.00 bits per heavy atom. The predicted octanol–water partition coefficient (Wildman–Crippen LogP) is 5.95. The standard InChI is InChI=1S/C23H22Cl2N2O4S2/c1-3-31-18-7-5-17(6-8-18)27(33(29,30)20-11-9-19(32-2)10-12-20)15-23(28)26-16-4-13-21(24)22(25)14-16/h4-14H,3,15H2,1-2H3,(H,26,28). The molecule has 3 aromatic carbocycles. The zero-order valence-electron chi connectivity index (χ0n) is 17.9. The van der Waals surface area contributed by atoms with Gasteiger partial charge in [0.05, 0.1) is 27.2 Å². The van der Waals surface area contributed by atoms with E-state index in [0.29, 0.717) is 28.8 Å². The van der Waals surface area contributed by atoms with Gasteiger partial charge in [-0.25, -0.2) is 8.42 Å². The van der Waals surface area contributed by atoms with E-state index in [1.54, 1.807) is 48.5 Å². The molecular weight excluding hydrogens is 503 g/mol. The van der Waals surface area contributed by atoms with Crippen LogP contribution in [0.2, 0.25) is 10.0 Å². The second-order valence-corrected chi connectivity index (χ2v) is 10.3. The van der Waals surface area contributed by atoms with Crippen LogP contribution in [0.3, 0.4) is 0 Å². The fourth-order valence-electron chi connectivity index (χ4n) is 2.97. The van der Waals surface area contributed by atoms with Crippen LogP contribution in [-0.4, -0.2) is 33.7 Å². The second-order valence-electron chi connectivity index (χ2n) is 6.79. The number of amides is 1. The van der Waals surface area contributed by atoms with Crippen molar-refractivity contribution in [1.82, 2.24) is 0 Å². The van der Waals surface area contributed by atoms with Crippen molar-refractivity contribution < 1.29 is 17.9 Å². The zero-order valence-corrected chi connectivity index (χ0v) is 21.1. The maximum absolute atomic E-state index is 13.5. The predicted molar refractivity (Wildman–Crippen MR) is 135 cm³/mol. The van der Waals surface area contributed by atoms with E-state index in [1.165, 1.54) is 30.0 Å². The van der Waals surface area contributed by atoms with Crippen LogP contribution in [-0.2, 0) is 14.8 Å². The fourth-order valence-corrected chi connectivity index (χ4v) is 5.10. The minimum absolute atomic E-state index is 0.0801. The highest BCUT2D eigenvalue weighted by molar-refractivity contribution is 7.98. The summed E-state index contributed by atoms with van der Waals surface area (Å²) in [6, 6.07) is 17.7. The third-order valence-electron chi connectivity index (χ3n) is 4.57. The number of carbonyl (C=O) groups excluding carboxylic acids is 1. The molecule has 0 heterocycles. The molecule has 0 saturated heterocycles. The smallest absolute Gasteiger partial charge is 0.264 e. The van der Waals surface area contributed by atoms with E-state index < -0.39 is 22.5 Å². The molecule has 0 aliphatic carbocycles.